The van der Waals surface area contributed by atoms with E-state index in [-0.39, 0.29) is 0 Å². The highest BCUT2D eigenvalue weighted by atomic mass is 15.3. The molecule has 7 heteroatoms. The number of nitrogens with one attached hydrogen (secondary N) is 1. The van der Waals surface area contributed by atoms with Crippen LogP contribution in [0.25, 0.3) is 5.95 Å². The van der Waals surface area contributed by atoms with E-state index in [4.69, 9.17) is 0 Å². The lowest BCUT2D eigenvalue weighted by Gasteiger charge is -2.16. The summed E-state index contributed by atoms with van der Waals surface area (Å²) in [5.74, 6) is 1.78. The van der Waals surface area contributed by atoms with Gasteiger partial charge in [0.1, 0.15) is 6.33 Å². The average molecular weight is 247 g/mol. The molecule has 2 aromatic rings. The van der Waals surface area contributed by atoms with Crippen LogP contribution in [0.5, 0.6) is 0 Å². The van der Waals surface area contributed by atoms with E-state index in [1.807, 2.05) is 25.8 Å². The Hall–Kier alpha value is -2.18. The monoisotopic (exact) mass is 247 g/mol. The van der Waals surface area contributed by atoms with Crippen molar-refractivity contribution in [2.75, 3.05) is 30.4 Å². The average Bonchev–Trinajstić information content (AvgIpc) is 2.91. The lowest BCUT2D eigenvalue weighted by atomic mass is 10.6. The zero-order valence-electron chi connectivity index (χ0n) is 10.8. The highest BCUT2D eigenvalue weighted by molar-refractivity contribution is 5.39. The molecule has 2 aromatic heterocycles. The molecule has 0 atom stereocenters. The largest absolute Gasteiger partial charge is 0.354 e. The van der Waals surface area contributed by atoms with Crippen LogP contribution in [0.1, 0.15) is 13.8 Å². The molecule has 0 saturated carbocycles. The van der Waals surface area contributed by atoms with Gasteiger partial charge >= 0.3 is 0 Å². The molecule has 0 radical (unpaired) electrons. The fraction of sp³-hybridized carbons (Fsp3) is 0.455. The molecule has 0 aliphatic rings. The molecule has 0 aromatic carbocycles. The van der Waals surface area contributed by atoms with Gasteiger partial charge in [0.25, 0.3) is 0 Å². The molecule has 1 N–H and O–H groups in total. The molecule has 0 unspecified atom stereocenters. The van der Waals surface area contributed by atoms with Crippen molar-refractivity contribution in [3.8, 4) is 5.95 Å². The van der Waals surface area contributed by atoms with Crippen molar-refractivity contribution in [2.24, 2.45) is 0 Å². The minimum absolute atomic E-state index is 0.564. The Morgan fingerprint density at radius 2 is 2.11 bits per heavy atom. The van der Waals surface area contributed by atoms with Crippen molar-refractivity contribution >= 4 is 11.9 Å². The maximum atomic E-state index is 4.42. The molecule has 7 nitrogen and oxygen atoms in total. The molecular weight excluding hydrogens is 230 g/mol. The highest BCUT2D eigenvalue weighted by Crippen LogP contribution is 2.11. The Morgan fingerprint density at radius 1 is 1.28 bits per heavy atom. The van der Waals surface area contributed by atoms with Gasteiger partial charge in [-0.25, -0.2) is 4.98 Å². The van der Waals surface area contributed by atoms with Gasteiger partial charge in [-0.3, -0.25) is 4.57 Å². The van der Waals surface area contributed by atoms with Crippen molar-refractivity contribution in [1.29, 1.82) is 0 Å². The number of hydrogen-bond acceptors (Lipinski definition) is 6. The molecule has 18 heavy (non-hydrogen) atoms. The van der Waals surface area contributed by atoms with Crippen LogP contribution in [0, 0.1) is 0 Å². The zero-order valence-corrected chi connectivity index (χ0v) is 10.8. The van der Waals surface area contributed by atoms with Gasteiger partial charge in [0, 0.05) is 32.5 Å². The van der Waals surface area contributed by atoms with E-state index < -0.39 is 0 Å². The fourth-order valence-electron chi connectivity index (χ4n) is 1.40. The molecule has 0 bridgehead atoms. The van der Waals surface area contributed by atoms with Gasteiger partial charge in [-0.1, -0.05) is 0 Å². The Bertz CT molecular complexity index is 494. The Balaban J connectivity index is 2.42. The summed E-state index contributed by atoms with van der Waals surface area (Å²) in [5.41, 5.74) is 0. The van der Waals surface area contributed by atoms with Gasteiger partial charge < -0.3 is 10.2 Å². The van der Waals surface area contributed by atoms with Gasteiger partial charge in [0.2, 0.25) is 17.8 Å². The number of imidazole rings is 1. The molecular formula is C11H17N7. The Labute approximate surface area is 106 Å². The van der Waals surface area contributed by atoms with E-state index in [0.717, 1.165) is 13.1 Å². The Kier molecular flexibility index (Phi) is 3.71. The topological polar surface area (TPSA) is 71.8 Å². The summed E-state index contributed by atoms with van der Waals surface area (Å²) < 4.78 is 1.76. The standard InChI is InChI=1S/C11H17N7/c1-4-13-9-14-10(17(3)5-2)16-11(15-9)18-7-6-12-8-18/h6-8H,4-5H2,1-3H3,(H,13,14,15,16). The molecule has 2 heterocycles. The first kappa shape index (κ1) is 12.3. The SMILES string of the molecule is CCNc1nc(N(C)CC)nc(-n2ccnc2)n1. The van der Waals surface area contributed by atoms with Gasteiger partial charge in [-0.05, 0) is 13.8 Å². The maximum absolute atomic E-state index is 4.42. The summed E-state index contributed by atoms with van der Waals surface area (Å²) in [7, 11) is 1.95. The molecule has 0 amide bonds. The van der Waals surface area contributed by atoms with Crippen LogP contribution in [0.15, 0.2) is 18.7 Å². The second-order valence-corrected chi connectivity index (χ2v) is 3.77. The first-order valence-electron chi connectivity index (χ1n) is 5.94. The number of anilines is 2. The minimum Gasteiger partial charge on any atom is -0.354 e. The first-order chi connectivity index (χ1) is 8.74. The summed E-state index contributed by atoms with van der Waals surface area (Å²) in [4.78, 5) is 19.1. The Morgan fingerprint density at radius 3 is 2.72 bits per heavy atom. The van der Waals surface area contributed by atoms with Crippen molar-refractivity contribution < 1.29 is 0 Å². The van der Waals surface area contributed by atoms with Crippen molar-refractivity contribution in [3.63, 3.8) is 0 Å². The van der Waals surface area contributed by atoms with E-state index in [1.54, 1.807) is 23.3 Å². The van der Waals surface area contributed by atoms with Gasteiger partial charge in [-0.2, -0.15) is 15.0 Å². The maximum Gasteiger partial charge on any atom is 0.241 e. The normalized spacial score (nSPS) is 10.4. The number of rotatable bonds is 5. The van der Waals surface area contributed by atoms with Crippen LogP contribution < -0.4 is 10.2 Å². The van der Waals surface area contributed by atoms with Crippen molar-refractivity contribution in [2.45, 2.75) is 13.8 Å². The van der Waals surface area contributed by atoms with Crippen LogP contribution >= 0.6 is 0 Å². The van der Waals surface area contributed by atoms with Gasteiger partial charge in [0.05, 0.1) is 0 Å². The summed E-state index contributed by atoms with van der Waals surface area (Å²) in [6.45, 7) is 5.65. The molecule has 0 spiro atoms. The number of hydrogen-bond donors (Lipinski definition) is 1. The third-order valence-corrected chi connectivity index (χ3v) is 2.50. The summed E-state index contributed by atoms with van der Waals surface area (Å²) in [6.07, 6.45) is 5.17. The van der Waals surface area contributed by atoms with Crippen molar-refractivity contribution in [3.05, 3.63) is 18.7 Å². The van der Waals surface area contributed by atoms with E-state index >= 15 is 0 Å². The van der Waals surface area contributed by atoms with Crippen LogP contribution in [-0.2, 0) is 0 Å². The number of aromatic nitrogens is 5. The highest BCUT2D eigenvalue weighted by Gasteiger charge is 2.09. The zero-order chi connectivity index (χ0) is 13.0. The van der Waals surface area contributed by atoms with Crippen molar-refractivity contribution in [1.82, 2.24) is 24.5 Å². The fourth-order valence-corrected chi connectivity index (χ4v) is 1.40. The third kappa shape index (κ3) is 2.55. The van der Waals surface area contributed by atoms with E-state index in [1.165, 1.54) is 0 Å². The quantitative estimate of drug-likeness (QED) is 0.848. The van der Waals surface area contributed by atoms with Crippen LogP contribution in [-0.4, -0.2) is 44.6 Å². The lowest BCUT2D eigenvalue weighted by molar-refractivity contribution is 0.840. The predicted molar refractivity (Wildman–Crippen MR) is 70.1 cm³/mol. The van der Waals surface area contributed by atoms with E-state index in [0.29, 0.717) is 17.8 Å². The van der Waals surface area contributed by atoms with Crippen LogP contribution in [0.2, 0.25) is 0 Å². The molecule has 0 aliphatic heterocycles. The third-order valence-electron chi connectivity index (χ3n) is 2.50. The summed E-state index contributed by atoms with van der Waals surface area (Å²) >= 11 is 0. The molecule has 0 saturated heterocycles. The molecule has 0 fully saturated rings. The molecule has 96 valence electrons. The second kappa shape index (κ2) is 5.44. The first-order valence-corrected chi connectivity index (χ1v) is 5.94. The van der Waals surface area contributed by atoms with E-state index in [9.17, 15) is 0 Å². The predicted octanol–water partition coefficient (Wildman–Crippen LogP) is 0.945. The smallest absolute Gasteiger partial charge is 0.241 e. The lowest BCUT2D eigenvalue weighted by Crippen LogP contribution is -2.21. The summed E-state index contributed by atoms with van der Waals surface area (Å²) in [5, 5.41) is 3.11. The van der Waals surface area contributed by atoms with Crippen LogP contribution in [0.4, 0.5) is 11.9 Å². The van der Waals surface area contributed by atoms with Crippen LogP contribution in [0.3, 0.4) is 0 Å². The molecule has 0 aliphatic carbocycles. The van der Waals surface area contributed by atoms with E-state index in [2.05, 4.69) is 25.3 Å². The molecule has 2 rings (SSSR count). The minimum atomic E-state index is 0.564. The summed E-state index contributed by atoms with van der Waals surface area (Å²) in [6, 6.07) is 0. The number of nitrogens with zero attached hydrogens (tertiary/aromatic N) is 6. The van der Waals surface area contributed by atoms with Gasteiger partial charge in [0.15, 0.2) is 0 Å². The van der Waals surface area contributed by atoms with Gasteiger partial charge in [-0.15, -0.1) is 0 Å². The second-order valence-electron chi connectivity index (χ2n) is 3.77.